The number of methoxy groups -OCH3 is 1. The molecule has 0 aliphatic rings. The number of benzene rings is 1. The minimum absolute atomic E-state index is 0.371. The standard InChI is InChI=1S/C13H20OS/c1-11(2)9-12(14-3)10-15-13-7-5-4-6-8-13/h4-8,11-12H,9-10H2,1-3H3. The van der Waals surface area contributed by atoms with Gasteiger partial charge in [0, 0.05) is 17.8 Å². The highest BCUT2D eigenvalue weighted by Crippen LogP contribution is 2.21. The van der Waals surface area contributed by atoms with Crippen molar-refractivity contribution in [2.45, 2.75) is 31.3 Å². The van der Waals surface area contributed by atoms with Crippen LogP contribution in [0.2, 0.25) is 0 Å². The van der Waals surface area contributed by atoms with Gasteiger partial charge in [-0.15, -0.1) is 11.8 Å². The minimum Gasteiger partial charge on any atom is -0.381 e. The molecular weight excluding hydrogens is 204 g/mol. The first kappa shape index (κ1) is 12.6. The van der Waals surface area contributed by atoms with Crippen molar-refractivity contribution in [1.29, 1.82) is 0 Å². The Morgan fingerprint density at radius 1 is 1.20 bits per heavy atom. The molecule has 1 unspecified atom stereocenters. The number of thioether (sulfide) groups is 1. The Kier molecular flexibility index (Phi) is 5.81. The zero-order valence-electron chi connectivity index (χ0n) is 9.77. The van der Waals surface area contributed by atoms with Gasteiger partial charge < -0.3 is 4.74 Å². The monoisotopic (exact) mass is 224 g/mol. The van der Waals surface area contributed by atoms with Gasteiger partial charge in [-0.05, 0) is 24.5 Å². The van der Waals surface area contributed by atoms with Gasteiger partial charge in [-0.1, -0.05) is 32.0 Å². The highest BCUT2D eigenvalue weighted by molar-refractivity contribution is 7.99. The lowest BCUT2D eigenvalue weighted by Crippen LogP contribution is -2.16. The summed E-state index contributed by atoms with van der Waals surface area (Å²) in [6.07, 6.45) is 1.51. The van der Waals surface area contributed by atoms with Crippen molar-refractivity contribution in [3.63, 3.8) is 0 Å². The molecule has 0 aromatic heterocycles. The molecule has 84 valence electrons. The van der Waals surface area contributed by atoms with E-state index >= 15 is 0 Å². The molecule has 1 nitrogen and oxygen atoms in total. The maximum Gasteiger partial charge on any atom is 0.0667 e. The average Bonchev–Trinajstić information content (AvgIpc) is 2.25. The zero-order valence-corrected chi connectivity index (χ0v) is 10.6. The van der Waals surface area contributed by atoms with E-state index in [2.05, 4.69) is 38.1 Å². The summed E-state index contributed by atoms with van der Waals surface area (Å²) in [5, 5.41) is 0. The largest absolute Gasteiger partial charge is 0.381 e. The first-order chi connectivity index (χ1) is 7.22. The lowest BCUT2D eigenvalue weighted by molar-refractivity contribution is 0.103. The van der Waals surface area contributed by atoms with Crippen molar-refractivity contribution in [3.8, 4) is 0 Å². The molecule has 0 saturated carbocycles. The van der Waals surface area contributed by atoms with Crippen LogP contribution < -0.4 is 0 Å². The number of hydrogen-bond acceptors (Lipinski definition) is 2. The molecule has 1 rings (SSSR count). The van der Waals surface area contributed by atoms with Crippen LogP contribution >= 0.6 is 11.8 Å². The molecule has 0 radical (unpaired) electrons. The second-order valence-corrected chi connectivity index (χ2v) is 5.20. The van der Waals surface area contributed by atoms with Crippen molar-refractivity contribution >= 4 is 11.8 Å². The van der Waals surface area contributed by atoms with E-state index in [0.717, 1.165) is 12.2 Å². The Balaban J connectivity index is 2.34. The van der Waals surface area contributed by atoms with Gasteiger partial charge in [-0.3, -0.25) is 0 Å². The fourth-order valence-electron chi connectivity index (χ4n) is 1.46. The van der Waals surface area contributed by atoms with E-state index in [1.807, 2.05) is 17.8 Å². The second-order valence-electron chi connectivity index (χ2n) is 4.11. The quantitative estimate of drug-likeness (QED) is 0.679. The van der Waals surface area contributed by atoms with Gasteiger partial charge in [0.15, 0.2) is 0 Å². The number of hydrogen-bond donors (Lipinski definition) is 0. The molecule has 1 aromatic carbocycles. The summed E-state index contributed by atoms with van der Waals surface area (Å²) in [5.74, 6) is 1.74. The van der Waals surface area contributed by atoms with E-state index < -0.39 is 0 Å². The maximum absolute atomic E-state index is 5.46. The van der Waals surface area contributed by atoms with Gasteiger partial charge in [0.2, 0.25) is 0 Å². The van der Waals surface area contributed by atoms with Crippen LogP contribution in [0.25, 0.3) is 0 Å². The fourth-order valence-corrected chi connectivity index (χ4v) is 2.46. The molecule has 0 spiro atoms. The lowest BCUT2D eigenvalue weighted by atomic mass is 10.1. The van der Waals surface area contributed by atoms with Crippen LogP contribution in [0.4, 0.5) is 0 Å². The molecule has 0 saturated heterocycles. The van der Waals surface area contributed by atoms with Crippen LogP contribution in [0.1, 0.15) is 20.3 Å². The fraction of sp³-hybridized carbons (Fsp3) is 0.538. The van der Waals surface area contributed by atoms with Gasteiger partial charge in [-0.25, -0.2) is 0 Å². The van der Waals surface area contributed by atoms with Gasteiger partial charge in [0.25, 0.3) is 0 Å². The van der Waals surface area contributed by atoms with Crippen molar-refractivity contribution in [2.24, 2.45) is 5.92 Å². The van der Waals surface area contributed by atoms with Crippen LogP contribution in [-0.2, 0) is 4.74 Å². The van der Waals surface area contributed by atoms with Crippen molar-refractivity contribution in [3.05, 3.63) is 30.3 Å². The average molecular weight is 224 g/mol. The molecule has 0 amide bonds. The second kappa shape index (κ2) is 6.91. The smallest absolute Gasteiger partial charge is 0.0667 e. The number of ether oxygens (including phenoxy) is 1. The van der Waals surface area contributed by atoms with E-state index in [1.165, 1.54) is 4.90 Å². The molecule has 15 heavy (non-hydrogen) atoms. The Bertz CT molecular complexity index is 258. The first-order valence-corrected chi connectivity index (χ1v) is 6.41. The highest BCUT2D eigenvalue weighted by Gasteiger charge is 2.09. The first-order valence-electron chi connectivity index (χ1n) is 5.43. The molecule has 0 fully saturated rings. The van der Waals surface area contributed by atoms with Crippen LogP contribution in [0.15, 0.2) is 35.2 Å². The molecular formula is C13H20OS. The summed E-state index contributed by atoms with van der Waals surface area (Å²) in [5.41, 5.74) is 0. The van der Waals surface area contributed by atoms with E-state index in [9.17, 15) is 0 Å². The van der Waals surface area contributed by atoms with Crippen molar-refractivity contribution in [2.75, 3.05) is 12.9 Å². The zero-order chi connectivity index (χ0) is 11.1. The van der Waals surface area contributed by atoms with E-state index in [1.54, 1.807) is 7.11 Å². The molecule has 1 aromatic rings. The normalized spacial score (nSPS) is 13.1. The molecule has 0 aliphatic heterocycles. The van der Waals surface area contributed by atoms with E-state index in [4.69, 9.17) is 4.74 Å². The Morgan fingerprint density at radius 3 is 2.40 bits per heavy atom. The summed E-state index contributed by atoms with van der Waals surface area (Å²) in [6.45, 7) is 4.47. The summed E-state index contributed by atoms with van der Waals surface area (Å²) >= 11 is 1.87. The molecule has 0 bridgehead atoms. The molecule has 1 atom stereocenters. The van der Waals surface area contributed by atoms with Gasteiger partial charge in [-0.2, -0.15) is 0 Å². The Hall–Kier alpha value is -0.470. The Labute approximate surface area is 97.2 Å². The van der Waals surface area contributed by atoms with Crippen LogP contribution in [0.3, 0.4) is 0 Å². The summed E-state index contributed by atoms with van der Waals surface area (Å²) < 4.78 is 5.46. The van der Waals surface area contributed by atoms with Gasteiger partial charge in [0.05, 0.1) is 6.10 Å². The van der Waals surface area contributed by atoms with E-state index in [0.29, 0.717) is 12.0 Å². The van der Waals surface area contributed by atoms with Crippen LogP contribution in [-0.4, -0.2) is 19.0 Å². The molecule has 0 heterocycles. The topological polar surface area (TPSA) is 9.23 Å². The number of rotatable bonds is 6. The van der Waals surface area contributed by atoms with Gasteiger partial charge >= 0.3 is 0 Å². The van der Waals surface area contributed by atoms with E-state index in [-0.39, 0.29) is 0 Å². The summed E-state index contributed by atoms with van der Waals surface area (Å²) in [4.78, 5) is 1.32. The van der Waals surface area contributed by atoms with Crippen molar-refractivity contribution in [1.82, 2.24) is 0 Å². The lowest BCUT2D eigenvalue weighted by Gasteiger charge is -2.16. The van der Waals surface area contributed by atoms with Crippen LogP contribution in [0.5, 0.6) is 0 Å². The third-order valence-electron chi connectivity index (χ3n) is 2.25. The molecule has 0 N–H and O–H groups in total. The molecule has 2 heteroatoms. The molecule has 0 aliphatic carbocycles. The SMILES string of the molecule is COC(CSc1ccccc1)CC(C)C. The maximum atomic E-state index is 5.46. The predicted molar refractivity (Wildman–Crippen MR) is 67.4 cm³/mol. The third kappa shape index (κ3) is 5.24. The van der Waals surface area contributed by atoms with Crippen LogP contribution in [0, 0.1) is 5.92 Å². The van der Waals surface area contributed by atoms with Gasteiger partial charge in [0.1, 0.15) is 0 Å². The third-order valence-corrected chi connectivity index (χ3v) is 3.39. The summed E-state index contributed by atoms with van der Waals surface area (Å²) in [6, 6.07) is 10.5. The van der Waals surface area contributed by atoms with Crippen molar-refractivity contribution < 1.29 is 4.74 Å². The Morgan fingerprint density at radius 2 is 1.87 bits per heavy atom. The predicted octanol–water partition coefficient (Wildman–Crippen LogP) is 3.84. The minimum atomic E-state index is 0.371. The highest BCUT2D eigenvalue weighted by atomic mass is 32.2. The summed E-state index contributed by atoms with van der Waals surface area (Å²) in [7, 11) is 1.80.